The minimum atomic E-state index is -0.377. The number of halogens is 1. The molecule has 1 aliphatic rings. The van der Waals surface area contributed by atoms with Crippen molar-refractivity contribution in [2.24, 2.45) is 5.92 Å². The van der Waals surface area contributed by atoms with E-state index in [4.69, 9.17) is 0 Å². The number of anilines is 1. The Morgan fingerprint density at radius 2 is 2.12 bits per heavy atom. The van der Waals surface area contributed by atoms with Crippen molar-refractivity contribution in [1.82, 2.24) is 4.98 Å². The molecular formula is C13H19FN2. The fourth-order valence-corrected chi connectivity index (χ4v) is 2.41. The van der Waals surface area contributed by atoms with Crippen LogP contribution < -0.4 is 4.90 Å². The number of pyridine rings is 1. The molecule has 2 heterocycles. The molecule has 0 unspecified atom stereocenters. The van der Waals surface area contributed by atoms with E-state index in [1.807, 2.05) is 6.92 Å². The molecule has 88 valence electrons. The molecular weight excluding hydrogens is 203 g/mol. The first-order valence-electron chi connectivity index (χ1n) is 6.07. The molecule has 0 N–H and O–H groups in total. The van der Waals surface area contributed by atoms with Crippen molar-refractivity contribution < 1.29 is 4.39 Å². The van der Waals surface area contributed by atoms with Crippen LogP contribution in [0.2, 0.25) is 0 Å². The lowest BCUT2D eigenvalue weighted by Crippen LogP contribution is -2.34. The summed E-state index contributed by atoms with van der Waals surface area (Å²) in [6.07, 6.45) is 5.33. The van der Waals surface area contributed by atoms with Crippen molar-refractivity contribution in [3.05, 3.63) is 23.8 Å². The Morgan fingerprint density at radius 1 is 1.44 bits per heavy atom. The van der Waals surface area contributed by atoms with E-state index in [2.05, 4.69) is 16.8 Å². The number of hydrogen-bond acceptors (Lipinski definition) is 2. The first-order valence-corrected chi connectivity index (χ1v) is 6.07. The van der Waals surface area contributed by atoms with Crippen LogP contribution >= 0.6 is 0 Å². The Labute approximate surface area is 96.5 Å². The van der Waals surface area contributed by atoms with Gasteiger partial charge in [0.2, 0.25) is 5.95 Å². The van der Waals surface area contributed by atoms with E-state index < -0.39 is 0 Å². The third-order valence-electron chi connectivity index (χ3n) is 3.57. The maximum atomic E-state index is 13.1. The first kappa shape index (κ1) is 11.4. The van der Waals surface area contributed by atoms with E-state index in [1.54, 1.807) is 12.3 Å². The van der Waals surface area contributed by atoms with Gasteiger partial charge in [0.15, 0.2) is 0 Å². The van der Waals surface area contributed by atoms with Gasteiger partial charge in [0.1, 0.15) is 0 Å². The Bertz CT molecular complexity index is 357. The number of aryl methyl sites for hydroxylation is 1. The number of rotatable bonds is 2. The van der Waals surface area contributed by atoms with E-state index in [-0.39, 0.29) is 5.95 Å². The van der Waals surface area contributed by atoms with Crippen LogP contribution in [-0.2, 0) is 0 Å². The van der Waals surface area contributed by atoms with Crippen LogP contribution in [-0.4, -0.2) is 18.1 Å². The first-order chi connectivity index (χ1) is 7.70. The highest BCUT2D eigenvalue weighted by molar-refractivity contribution is 5.52. The van der Waals surface area contributed by atoms with E-state index in [0.717, 1.165) is 30.3 Å². The molecule has 2 rings (SSSR count). The molecule has 0 spiro atoms. The predicted molar refractivity (Wildman–Crippen MR) is 64.2 cm³/mol. The summed E-state index contributed by atoms with van der Waals surface area (Å²) in [5.74, 6) is 0.474. The van der Waals surface area contributed by atoms with Crippen LogP contribution in [0.4, 0.5) is 10.1 Å². The highest BCUT2D eigenvalue weighted by Crippen LogP contribution is 2.27. The minimum Gasteiger partial charge on any atom is -0.371 e. The van der Waals surface area contributed by atoms with Gasteiger partial charge in [0, 0.05) is 31.0 Å². The molecule has 1 aromatic heterocycles. The zero-order chi connectivity index (χ0) is 11.5. The fourth-order valence-electron chi connectivity index (χ4n) is 2.41. The van der Waals surface area contributed by atoms with E-state index in [9.17, 15) is 4.39 Å². The molecule has 0 saturated carbocycles. The Balaban J connectivity index is 2.10. The molecule has 1 aromatic rings. The molecule has 0 amide bonds. The van der Waals surface area contributed by atoms with Crippen LogP contribution in [0, 0.1) is 18.8 Å². The van der Waals surface area contributed by atoms with Crippen molar-refractivity contribution in [2.75, 3.05) is 18.0 Å². The summed E-state index contributed by atoms with van der Waals surface area (Å²) in [6.45, 7) is 6.33. The van der Waals surface area contributed by atoms with Gasteiger partial charge < -0.3 is 4.90 Å². The van der Waals surface area contributed by atoms with E-state index >= 15 is 0 Å². The second-order valence-electron chi connectivity index (χ2n) is 4.63. The standard InChI is InChI=1S/C13H19FN2/c1-3-11-4-6-16(7-5-11)12-8-13(14)15-9-10(12)2/h8-9,11H,3-7H2,1-2H3. The van der Waals surface area contributed by atoms with E-state index in [1.165, 1.54) is 19.3 Å². The van der Waals surface area contributed by atoms with Gasteiger partial charge in [-0.2, -0.15) is 4.39 Å². The van der Waals surface area contributed by atoms with Gasteiger partial charge in [-0.25, -0.2) is 4.98 Å². The van der Waals surface area contributed by atoms with Crippen LogP contribution in [0.1, 0.15) is 31.7 Å². The van der Waals surface area contributed by atoms with Crippen molar-refractivity contribution in [3.8, 4) is 0 Å². The Morgan fingerprint density at radius 3 is 2.75 bits per heavy atom. The molecule has 1 aliphatic heterocycles. The third-order valence-corrected chi connectivity index (χ3v) is 3.57. The van der Waals surface area contributed by atoms with Gasteiger partial charge in [-0.1, -0.05) is 13.3 Å². The average molecular weight is 222 g/mol. The maximum Gasteiger partial charge on any atom is 0.214 e. The van der Waals surface area contributed by atoms with Crippen molar-refractivity contribution in [1.29, 1.82) is 0 Å². The van der Waals surface area contributed by atoms with Gasteiger partial charge >= 0.3 is 0 Å². The number of piperidine rings is 1. The lowest BCUT2D eigenvalue weighted by Gasteiger charge is -2.34. The molecule has 0 bridgehead atoms. The monoisotopic (exact) mass is 222 g/mol. The van der Waals surface area contributed by atoms with Crippen LogP contribution in [0.25, 0.3) is 0 Å². The van der Waals surface area contributed by atoms with Gasteiger partial charge in [-0.15, -0.1) is 0 Å². The molecule has 2 nitrogen and oxygen atoms in total. The SMILES string of the molecule is CCC1CCN(c2cc(F)ncc2C)CC1. The summed E-state index contributed by atoms with van der Waals surface area (Å²) >= 11 is 0. The fraction of sp³-hybridized carbons (Fsp3) is 0.615. The summed E-state index contributed by atoms with van der Waals surface area (Å²) in [4.78, 5) is 5.96. The zero-order valence-electron chi connectivity index (χ0n) is 10.0. The van der Waals surface area contributed by atoms with Crippen LogP contribution in [0.15, 0.2) is 12.3 Å². The smallest absolute Gasteiger partial charge is 0.214 e. The Hall–Kier alpha value is -1.12. The molecule has 3 heteroatoms. The highest BCUT2D eigenvalue weighted by atomic mass is 19.1. The van der Waals surface area contributed by atoms with E-state index in [0.29, 0.717) is 0 Å². The average Bonchev–Trinajstić information content (AvgIpc) is 2.32. The second-order valence-corrected chi connectivity index (χ2v) is 4.63. The van der Waals surface area contributed by atoms with Crippen molar-refractivity contribution in [3.63, 3.8) is 0 Å². The number of nitrogens with zero attached hydrogens (tertiary/aromatic N) is 2. The summed E-state index contributed by atoms with van der Waals surface area (Å²) in [5.41, 5.74) is 2.08. The lowest BCUT2D eigenvalue weighted by molar-refractivity contribution is 0.394. The van der Waals surface area contributed by atoms with Crippen LogP contribution in [0.5, 0.6) is 0 Å². The molecule has 0 atom stereocenters. The number of hydrogen-bond donors (Lipinski definition) is 0. The number of aromatic nitrogens is 1. The minimum absolute atomic E-state index is 0.377. The summed E-state index contributed by atoms with van der Waals surface area (Å²) in [6, 6.07) is 1.56. The summed E-state index contributed by atoms with van der Waals surface area (Å²) in [7, 11) is 0. The molecule has 1 fully saturated rings. The molecule has 0 radical (unpaired) electrons. The quantitative estimate of drug-likeness (QED) is 0.715. The van der Waals surface area contributed by atoms with Gasteiger partial charge in [-0.05, 0) is 31.2 Å². The second kappa shape index (κ2) is 4.81. The molecule has 0 aromatic carbocycles. The zero-order valence-corrected chi connectivity index (χ0v) is 10.0. The molecule has 16 heavy (non-hydrogen) atoms. The predicted octanol–water partition coefficient (Wildman–Crippen LogP) is 3.16. The third kappa shape index (κ3) is 2.34. The summed E-state index contributed by atoms with van der Waals surface area (Å²) < 4.78 is 13.1. The normalized spacial score (nSPS) is 17.8. The molecule has 1 saturated heterocycles. The van der Waals surface area contributed by atoms with Gasteiger partial charge in [0.05, 0.1) is 0 Å². The largest absolute Gasteiger partial charge is 0.371 e. The van der Waals surface area contributed by atoms with Gasteiger partial charge in [0.25, 0.3) is 0 Å². The van der Waals surface area contributed by atoms with Crippen molar-refractivity contribution >= 4 is 5.69 Å². The van der Waals surface area contributed by atoms with Crippen molar-refractivity contribution in [2.45, 2.75) is 33.1 Å². The molecule has 0 aliphatic carbocycles. The van der Waals surface area contributed by atoms with Crippen LogP contribution in [0.3, 0.4) is 0 Å². The lowest BCUT2D eigenvalue weighted by atomic mass is 9.94. The topological polar surface area (TPSA) is 16.1 Å². The van der Waals surface area contributed by atoms with Gasteiger partial charge in [-0.3, -0.25) is 0 Å². The summed E-state index contributed by atoms with van der Waals surface area (Å²) in [5, 5.41) is 0. The Kier molecular flexibility index (Phi) is 3.42. The highest BCUT2D eigenvalue weighted by Gasteiger charge is 2.19. The maximum absolute atomic E-state index is 13.1.